The number of aromatic hydroxyl groups is 1. The van der Waals surface area contributed by atoms with E-state index in [1.807, 2.05) is 6.07 Å². The summed E-state index contributed by atoms with van der Waals surface area (Å²) in [7, 11) is 0. The molecule has 1 aromatic rings. The van der Waals surface area contributed by atoms with E-state index < -0.39 is 0 Å². The molecule has 0 fully saturated rings. The Labute approximate surface area is 158 Å². The first-order chi connectivity index (χ1) is 10.5. The van der Waals surface area contributed by atoms with Gasteiger partial charge in [0.2, 0.25) is 0 Å². The average Bonchev–Trinajstić information content (AvgIpc) is 2.93. The second-order valence-corrected chi connectivity index (χ2v) is 7.83. The summed E-state index contributed by atoms with van der Waals surface area (Å²) in [4.78, 5) is 3.25. The van der Waals surface area contributed by atoms with E-state index in [1.165, 1.54) is 11.6 Å². The fourth-order valence-corrected chi connectivity index (χ4v) is 2.16. The molecular weight excluding hydrogens is 340 g/mol. The first kappa shape index (κ1) is 22.4. The summed E-state index contributed by atoms with van der Waals surface area (Å²) < 4.78 is 0. The quantitative estimate of drug-likeness (QED) is 0.438. The fraction of sp³-hybridized carbons (Fsp3) is 0.450. The third-order valence-electron chi connectivity index (χ3n) is 3.25. The number of benzene rings is 1. The van der Waals surface area contributed by atoms with Gasteiger partial charge in [0.05, 0.1) is 0 Å². The number of hydrogen-bond donors (Lipinski definition) is 1. The van der Waals surface area contributed by atoms with Crippen LogP contribution in [0, 0.1) is 11.5 Å². The van der Waals surface area contributed by atoms with Gasteiger partial charge in [-0.1, -0.05) is 53.1 Å². The molecule has 1 aliphatic rings. The van der Waals surface area contributed by atoms with E-state index >= 15 is 0 Å². The number of halogens is 1. The molecule has 0 aliphatic heterocycles. The molecule has 2 rings (SSSR count). The van der Waals surface area contributed by atoms with Gasteiger partial charge in [0.15, 0.2) is 0 Å². The molecule has 0 atom stereocenters. The van der Waals surface area contributed by atoms with Crippen molar-refractivity contribution in [2.24, 2.45) is 5.41 Å². The summed E-state index contributed by atoms with van der Waals surface area (Å²) in [5.74, 6) is 0.229. The standard InChI is InChI=1S/C10H13ClO.C9H13.CH2.Ti/c1-10(2,3)7-4-8(11)6-9(12)5-7;1-9(2,3)8-6-4-5-7-8;;/h4-6,12H,1-3H3;4,6H,5H2,1-3H3;1H2;/q;-1;;+1. The normalized spacial score (nSPS) is 13.5. The minimum atomic E-state index is 0.0301. The van der Waals surface area contributed by atoms with Crippen LogP contribution in [0.5, 0.6) is 5.75 Å². The van der Waals surface area contributed by atoms with Crippen molar-refractivity contribution >= 4 is 16.4 Å². The predicted molar refractivity (Wildman–Crippen MR) is 98.9 cm³/mol. The van der Waals surface area contributed by atoms with Crippen LogP contribution >= 0.6 is 11.6 Å². The van der Waals surface area contributed by atoms with Crippen molar-refractivity contribution in [3.8, 4) is 5.75 Å². The molecule has 1 N–H and O–H groups in total. The molecule has 0 aromatic heterocycles. The molecule has 3 heteroatoms. The molecule has 0 radical (unpaired) electrons. The maximum absolute atomic E-state index is 9.27. The number of phenolic OH excluding ortho intramolecular Hbond substituents is 1. The van der Waals surface area contributed by atoms with E-state index in [1.54, 1.807) is 26.0 Å². The fourth-order valence-electron chi connectivity index (χ4n) is 1.93. The van der Waals surface area contributed by atoms with Gasteiger partial charge in [0.25, 0.3) is 0 Å². The molecule has 0 unspecified atom stereocenters. The molecule has 0 amide bonds. The Balaban J connectivity index is 0.000000392. The average molecular weight is 368 g/mol. The molecule has 1 nitrogen and oxygen atoms in total. The Hall–Kier alpha value is -0.626. The third-order valence-corrected chi connectivity index (χ3v) is 3.47. The van der Waals surface area contributed by atoms with Crippen molar-refractivity contribution < 1.29 is 25.1 Å². The molecule has 125 valence electrons. The van der Waals surface area contributed by atoms with Crippen LogP contribution < -0.4 is 0 Å². The van der Waals surface area contributed by atoms with Crippen LogP contribution in [0.25, 0.3) is 0 Å². The van der Waals surface area contributed by atoms with Crippen molar-refractivity contribution in [1.29, 1.82) is 0 Å². The minimum absolute atomic E-state index is 0.0301. The summed E-state index contributed by atoms with van der Waals surface area (Å²) in [5.41, 5.74) is 2.73. The van der Waals surface area contributed by atoms with E-state index in [0.717, 1.165) is 12.0 Å². The van der Waals surface area contributed by atoms with Crippen LogP contribution in [0.1, 0.15) is 53.5 Å². The van der Waals surface area contributed by atoms with E-state index in [9.17, 15) is 5.11 Å². The van der Waals surface area contributed by atoms with E-state index in [-0.39, 0.29) is 11.2 Å². The summed E-state index contributed by atoms with van der Waals surface area (Å²) >= 11 is 7.55. The number of hydrogen-bond acceptors (Lipinski definition) is 1. The van der Waals surface area contributed by atoms with Gasteiger partial charge in [-0.15, -0.1) is 6.42 Å². The van der Waals surface area contributed by atoms with Crippen LogP contribution in [0.3, 0.4) is 0 Å². The van der Waals surface area contributed by atoms with Crippen LogP contribution in [-0.2, 0) is 25.4 Å². The van der Waals surface area contributed by atoms with Gasteiger partial charge < -0.3 is 5.11 Å². The van der Waals surface area contributed by atoms with E-state index in [2.05, 4.69) is 64.6 Å². The van der Waals surface area contributed by atoms with E-state index in [0.29, 0.717) is 10.4 Å². The summed E-state index contributed by atoms with van der Waals surface area (Å²) in [6, 6.07) is 5.16. The molecule has 1 aliphatic carbocycles. The van der Waals surface area contributed by atoms with Crippen LogP contribution in [-0.4, -0.2) is 9.92 Å². The first-order valence-corrected chi connectivity index (χ1v) is 9.11. The second-order valence-electron chi connectivity index (χ2n) is 7.40. The number of rotatable bonds is 0. The zero-order valence-electron chi connectivity index (χ0n) is 15.1. The topological polar surface area (TPSA) is 20.2 Å². The van der Waals surface area contributed by atoms with Gasteiger partial charge in [-0.05, 0) is 34.6 Å². The maximum atomic E-state index is 9.27. The van der Waals surface area contributed by atoms with Crippen LogP contribution in [0.15, 0.2) is 35.9 Å². The zero-order valence-corrected chi connectivity index (χ0v) is 17.4. The Bertz CT molecular complexity index is 540. The van der Waals surface area contributed by atoms with Gasteiger partial charge in [-0.3, -0.25) is 6.08 Å². The Morgan fingerprint density at radius 1 is 1.04 bits per heavy atom. The zero-order chi connectivity index (χ0) is 18.3. The van der Waals surface area contributed by atoms with Gasteiger partial charge in [-0.2, -0.15) is 6.08 Å². The Morgan fingerprint density at radius 2 is 1.61 bits per heavy atom. The monoisotopic (exact) mass is 367 g/mol. The molecule has 23 heavy (non-hydrogen) atoms. The number of allylic oxidation sites excluding steroid dienone is 4. The molecule has 1 aromatic carbocycles. The van der Waals surface area contributed by atoms with Crippen molar-refractivity contribution in [1.82, 2.24) is 0 Å². The Morgan fingerprint density at radius 3 is 1.91 bits per heavy atom. The Kier molecular flexibility index (Phi) is 9.36. The van der Waals surface area contributed by atoms with Gasteiger partial charge in [0, 0.05) is 5.02 Å². The van der Waals surface area contributed by atoms with Gasteiger partial charge in [-0.25, -0.2) is 11.6 Å². The van der Waals surface area contributed by atoms with Crippen LogP contribution in [0.4, 0.5) is 0 Å². The summed E-state index contributed by atoms with van der Waals surface area (Å²) in [6.07, 6.45) is 8.63. The summed E-state index contributed by atoms with van der Waals surface area (Å²) in [5, 5.41) is 9.86. The van der Waals surface area contributed by atoms with Crippen LogP contribution in [0.2, 0.25) is 5.02 Å². The van der Waals surface area contributed by atoms with Crippen molar-refractivity contribution in [3.63, 3.8) is 0 Å². The molecule has 0 saturated carbocycles. The summed E-state index contributed by atoms with van der Waals surface area (Å²) in [6.45, 7) is 12.9. The van der Waals surface area contributed by atoms with Crippen molar-refractivity contribution in [2.45, 2.75) is 53.4 Å². The molecule has 0 saturated heterocycles. The predicted octanol–water partition coefficient (Wildman–Crippen LogP) is 6.03. The van der Waals surface area contributed by atoms with Crippen molar-refractivity contribution in [3.05, 3.63) is 52.6 Å². The SMILES string of the molecule is CC(C)(C)C1=[C-]CC=C1.CC(C)(C)c1cc(O)cc(Cl)c1.[CH2]=[Ti+]. The molecule has 0 heterocycles. The molecule has 0 bridgehead atoms. The van der Waals surface area contributed by atoms with Gasteiger partial charge >= 0.3 is 24.8 Å². The van der Waals surface area contributed by atoms with Crippen molar-refractivity contribution in [2.75, 3.05) is 0 Å². The second kappa shape index (κ2) is 9.62. The first-order valence-electron chi connectivity index (χ1n) is 7.63. The van der Waals surface area contributed by atoms with Gasteiger partial charge in [0.1, 0.15) is 5.75 Å². The molecule has 0 spiro atoms. The molecular formula is C20H28ClOTi. The third kappa shape index (κ3) is 8.70. The van der Waals surface area contributed by atoms with E-state index in [4.69, 9.17) is 11.6 Å². The number of phenols is 1.